The van der Waals surface area contributed by atoms with E-state index >= 15 is 0 Å². The maximum absolute atomic E-state index is 12.2. The minimum Gasteiger partial charge on any atom is -0.507 e. The zero-order chi connectivity index (χ0) is 14.8. The fourth-order valence-electron chi connectivity index (χ4n) is 1.82. The number of nitrogens with zero attached hydrogens (tertiary/aromatic N) is 2. The Morgan fingerprint density at radius 2 is 2.05 bits per heavy atom. The minimum atomic E-state index is -1.13. The highest BCUT2D eigenvalue weighted by Gasteiger charge is 2.12. The molecule has 1 N–H and O–H groups in total. The van der Waals surface area contributed by atoms with Crippen LogP contribution in [-0.2, 0) is 11.5 Å². The summed E-state index contributed by atoms with van der Waals surface area (Å²) in [5.74, 6) is 0.0684. The second-order valence-corrected chi connectivity index (χ2v) is 11.7. The molecule has 5 nitrogen and oxygen atoms in total. The summed E-state index contributed by atoms with van der Waals surface area (Å²) in [6.45, 7) is 7.62. The molecule has 1 aromatic heterocycles. The van der Waals surface area contributed by atoms with Crippen LogP contribution in [0.3, 0.4) is 0 Å². The number of phenolic OH excluding ortho intramolecular Hbond substituents is 1. The predicted molar refractivity (Wildman–Crippen MR) is 81.8 cm³/mol. The van der Waals surface area contributed by atoms with Crippen molar-refractivity contribution in [3.05, 3.63) is 34.7 Å². The van der Waals surface area contributed by atoms with Gasteiger partial charge in [0.15, 0.2) is 0 Å². The van der Waals surface area contributed by atoms with Crippen LogP contribution in [-0.4, -0.2) is 29.6 Å². The summed E-state index contributed by atoms with van der Waals surface area (Å²) in [4.78, 5) is 12.2. The summed E-state index contributed by atoms with van der Waals surface area (Å²) in [7, 11) is -1.13. The van der Waals surface area contributed by atoms with E-state index in [0.29, 0.717) is 17.4 Å². The fraction of sp³-hybridized carbons (Fsp3) is 0.429. The Labute approximate surface area is 118 Å². The Morgan fingerprint density at radius 3 is 2.75 bits per heavy atom. The van der Waals surface area contributed by atoms with Gasteiger partial charge in [0.05, 0.1) is 11.6 Å². The lowest BCUT2D eigenvalue weighted by molar-refractivity contribution is 0.0754. The number of phenols is 1. The van der Waals surface area contributed by atoms with Crippen LogP contribution in [0.4, 0.5) is 0 Å². The molecule has 1 aromatic carbocycles. The zero-order valence-corrected chi connectivity index (χ0v) is 13.1. The largest absolute Gasteiger partial charge is 0.507 e. The van der Waals surface area contributed by atoms with E-state index < -0.39 is 8.07 Å². The molecule has 20 heavy (non-hydrogen) atoms. The van der Waals surface area contributed by atoms with Crippen molar-refractivity contribution in [2.24, 2.45) is 0 Å². The molecule has 0 radical (unpaired) electrons. The quantitative estimate of drug-likeness (QED) is 0.679. The smallest absolute Gasteiger partial charge is 0.276 e. The molecule has 0 atom stereocenters. The topological polar surface area (TPSA) is 64.3 Å². The molecular weight excluding hydrogens is 272 g/mol. The Kier molecular flexibility index (Phi) is 4.25. The van der Waals surface area contributed by atoms with Gasteiger partial charge in [-0.2, -0.15) is 5.10 Å². The molecule has 0 fully saturated rings. The third-order valence-corrected chi connectivity index (χ3v) is 4.79. The van der Waals surface area contributed by atoms with Gasteiger partial charge >= 0.3 is 0 Å². The molecule has 0 aliphatic carbocycles. The van der Waals surface area contributed by atoms with Crippen molar-refractivity contribution in [3.8, 4) is 5.75 Å². The van der Waals surface area contributed by atoms with Crippen molar-refractivity contribution in [1.82, 2.24) is 9.78 Å². The van der Waals surface area contributed by atoms with E-state index in [1.807, 2.05) is 0 Å². The van der Waals surface area contributed by atoms with E-state index in [4.69, 9.17) is 4.74 Å². The molecule has 108 valence electrons. The number of rotatable bonds is 5. The lowest BCUT2D eigenvalue weighted by Crippen LogP contribution is -2.26. The Morgan fingerprint density at radius 1 is 1.30 bits per heavy atom. The van der Waals surface area contributed by atoms with E-state index in [2.05, 4.69) is 24.7 Å². The third kappa shape index (κ3) is 3.46. The number of fused-ring (bicyclic) bond motifs is 1. The molecule has 6 heteroatoms. The SMILES string of the molecule is C[Si](C)(C)CCOCn1ncc2c(O)cccc2c1=O. The second kappa shape index (κ2) is 5.76. The maximum atomic E-state index is 12.2. The summed E-state index contributed by atoms with van der Waals surface area (Å²) in [6, 6.07) is 5.92. The summed E-state index contributed by atoms with van der Waals surface area (Å²) in [5.41, 5.74) is -0.244. The average molecular weight is 292 g/mol. The van der Waals surface area contributed by atoms with Gasteiger partial charge in [-0.3, -0.25) is 4.79 Å². The van der Waals surface area contributed by atoms with Crippen molar-refractivity contribution >= 4 is 18.8 Å². The first kappa shape index (κ1) is 14.7. The highest BCUT2D eigenvalue weighted by Crippen LogP contribution is 2.20. The van der Waals surface area contributed by atoms with Gasteiger partial charge in [0, 0.05) is 20.1 Å². The molecule has 0 amide bonds. The maximum Gasteiger partial charge on any atom is 0.276 e. The number of benzene rings is 1. The molecular formula is C14H20N2O3Si. The van der Waals surface area contributed by atoms with Crippen molar-refractivity contribution in [3.63, 3.8) is 0 Å². The first-order valence-corrected chi connectivity index (χ1v) is 10.3. The van der Waals surface area contributed by atoms with Crippen LogP contribution in [0.2, 0.25) is 25.7 Å². The summed E-state index contributed by atoms with van der Waals surface area (Å²) >= 11 is 0. The molecule has 0 aliphatic rings. The molecule has 0 bridgehead atoms. The molecule has 1 heterocycles. The Hall–Kier alpha value is -1.66. The van der Waals surface area contributed by atoms with Crippen LogP contribution in [0.5, 0.6) is 5.75 Å². The van der Waals surface area contributed by atoms with Gasteiger partial charge in [0.25, 0.3) is 5.56 Å². The van der Waals surface area contributed by atoms with Gasteiger partial charge in [-0.1, -0.05) is 25.7 Å². The molecule has 0 spiro atoms. The van der Waals surface area contributed by atoms with Crippen LogP contribution in [0.15, 0.2) is 29.2 Å². The van der Waals surface area contributed by atoms with Crippen LogP contribution in [0.25, 0.3) is 10.8 Å². The lowest BCUT2D eigenvalue weighted by Gasteiger charge is -2.15. The van der Waals surface area contributed by atoms with Gasteiger partial charge in [-0.15, -0.1) is 0 Å². The van der Waals surface area contributed by atoms with E-state index in [1.165, 1.54) is 16.9 Å². The van der Waals surface area contributed by atoms with Crippen molar-refractivity contribution < 1.29 is 9.84 Å². The fourth-order valence-corrected chi connectivity index (χ4v) is 2.57. The number of hydrogen-bond acceptors (Lipinski definition) is 4. The monoisotopic (exact) mass is 292 g/mol. The zero-order valence-electron chi connectivity index (χ0n) is 12.1. The normalized spacial score (nSPS) is 11.9. The Bertz CT molecular complexity index is 661. The van der Waals surface area contributed by atoms with Gasteiger partial charge in [0.2, 0.25) is 0 Å². The van der Waals surface area contributed by atoms with Crippen LogP contribution in [0, 0.1) is 0 Å². The van der Waals surface area contributed by atoms with Crippen molar-refractivity contribution in [2.45, 2.75) is 32.4 Å². The first-order chi connectivity index (χ1) is 9.38. The summed E-state index contributed by atoms with van der Waals surface area (Å²) in [6.07, 6.45) is 1.49. The predicted octanol–water partition coefficient (Wildman–Crippen LogP) is 2.41. The number of hydrogen-bond donors (Lipinski definition) is 1. The highest BCUT2D eigenvalue weighted by atomic mass is 28.3. The molecule has 0 aliphatic heterocycles. The first-order valence-electron chi connectivity index (χ1n) is 6.64. The summed E-state index contributed by atoms with van der Waals surface area (Å²) < 4.78 is 6.81. The van der Waals surface area contributed by atoms with E-state index in [-0.39, 0.29) is 18.0 Å². The Balaban J connectivity index is 2.12. The van der Waals surface area contributed by atoms with Crippen LogP contribution in [0.1, 0.15) is 0 Å². The molecule has 2 aromatic rings. The van der Waals surface area contributed by atoms with Gasteiger partial charge in [0.1, 0.15) is 12.5 Å². The van der Waals surface area contributed by atoms with Gasteiger partial charge < -0.3 is 9.84 Å². The van der Waals surface area contributed by atoms with Gasteiger partial charge in [-0.05, 0) is 18.2 Å². The molecule has 2 rings (SSSR count). The summed E-state index contributed by atoms with van der Waals surface area (Å²) in [5, 5.41) is 14.6. The average Bonchev–Trinajstić information content (AvgIpc) is 2.36. The second-order valence-electron chi connectivity index (χ2n) is 6.04. The third-order valence-electron chi connectivity index (χ3n) is 3.08. The van der Waals surface area contributed by atoms with E-state index in [9.17, 15) is 9.90 Å². The number of aromatic hydroxyl groups is 1. The minimum absolute atomic E-state index is 0.0684. The van der Waals surface area contributed by atoms with Crippen molar-refractivity contribution in [2.75, 3.05) is 6.61 Å². The van der Waals surface area contributed by atoms with Gasteiger partial charge in [-0.25, -0.2) is 4.68 Å². The number of aromatic nitrogens is 2. The van der Waals surface area contributed by atoms with Crippen molar-refractivity contribution in [1.29, 1.82) is 0 Å². The van der Waals surface area contributed by atoms with E-state index in [0.717, 1.165) is 6.04 Å². The van der Waals surface area contributed by atoms with E-state index in [1.54, 1.807) is 12.1 Å². The lowest BCUT2D eigenvalue weighted by atomic mass is 10.2. The number of ether oxygens (including phenoxy) is 1. The molecule has 0 saturated carbocycles. The standard InChI is InChI=1S/C14H20N2O3Si/c1-20(2,3)8-7-19-10-16-14(18)11-5-4-6-13(17)12(11)9-15-16/h4-6,9,17H,7-8,10H2,1-3H3. The van der Waals surface area contributed by atoms with Crippen LogP contribution < -0.4 is 5.56 Å². The molecule has 0 saturated heterocycles. The highest BCUT2D eigenvalue weighted by molar-refractivity contribution is 6.76. The van der Waals surface area contributed by atoms with Crippen LogP contribution >= 0.6 is 0 Å². The molecule has 0 unspecified atom stereocenters.